The van der Waals surface area contributed by atoms with Crippen LogP contribution in [0.4, 0.5) is 8.78 Å². The van der Waals surface area contributed by atoms with Gasteiger partial charge in [0.25, 0.3) is 5.56 Å². The molecule has 5 nitrogen and oxygen atoms in total. The number of nitrogens with zero attached hydrogens (tertiary/aromatic N) is 2. The molecule has 0 radical (unpaired) electrons. The van der Waals surface area contributed by atoms with Gasteiger partial charge in [0.05, 0.1) is 34.9 Å². The van der Waals surface area contributed by atoms with Gasteiger partial charge in [-0.25, -0.2) is 18.6 Å². The molecule has 0 bridgehead atoms. The number of hydrogen-bond donors (Lipinski definition) is 1. The Morgan fingerprint density at radius 2 is 1.69 bits per heavy atom. The summed E-state index contributed by atoms with van der Waals surface area (Å²) in [4.78, 5) is 28.1. The summed E-state index contributed by atoms with van der Waals surface area (Å²) in [5.74, 6) is 3.61. The predicted octanol–water partition coefficient (Wildman–Crippen LogP) is 4.02. The van der Waals surface area contributed by atoms with Crippen molar-refractivity contribution in [3.8, 4) is 11.8 Å². The lowest BCUT2D eigenvalue weighted by molar-refractivity contribution is 0.0697. The molecule has 0 saturated heterocycles. The van der Waals surface area contributed by atoms with Gasteiger partial charge in [0.2, 0.25) is 0 Å². The van der Waals surface area contributed by atoms with Gasteiger partial charge in [0.1, 0.15) is 11.6 Å². The third kappa shape index (κ3) is 4.55. The number of carboxylic acids is 1. The van der Waals surface area contributed by atoms with Crippen LogP contribution < -0.4 is 5.56 Å². The zero-order valence-corrected chi connectivity index (χ0v) is 16.7. The summed E-state index contributed by atoms with van der Waals surface area (Å²) in [5, 5.41) is 9.22. The van der Waals surface area contributed by atoms with E-state index in [2.05, 4.69) is 16.8 Å². The van der Waals surface area contributed by atoms with Gasteiger partial charge in [0, 0.05) is 12.5 Å². The van der Waals surface area contributed by atoms with Gasteiger partial charge in [-0.1, -0.05) is 36.1 Å². The minimum absolute atomic E-state index is 0.0714. The molecule has 0 saturated carbocycles. The van der Waals surface area contributed by atoms with Crippen molar-refractivity contribution in [2.75, 3.05) is 0 Å². The highest BCUT2D eigenvalue weighted by atomic mass is 19.1. The molecule has 4 rings (SSSR count). The summed E-state index contributed by atoms with van der Waals surface area (Å²) in [5.41, 5.74) is 1.59. The van der Waals surface area contributed by atoms with Crippen LogP contribution in [0.15, 0.2) is 71.8 Å². The average molecular weight is 430 g/mol. The van der Waals surface area contributed by atoms with E-state index in [9.17, 15) is 18.4 Å². The van der Waals surface area contributed by atoms with Crippen LogP contribution >= 0.6 is 0 Å². The number of fused-ring (bicyclic) bond motifs is 1. The van der Waals surface area contributed by atoms with Crippen molar-refractivity contribution in [1.82, 2.24) is 9.55 Å². The molecule has 1 N–H and O–H groups in total. The molecule has 0 aliphatic heterocycles. The molecular weight excluding hydrogens is 414 g/mol. The van der Waals surface area contributed by atoms with E-state index >= 15 is 0 Å². The Morgan fingerprint density at radius 3 is 2.38 bits per heavy atom. The summed E-state index contributed by atoms with van der Waals surface area (Å²) < 4.78 is 28.8. The normalized spacial score (nSPS) is 10.6. The molecule has 0 aliphatic rings. The summed E-state index contributed by atoms with van der Waals surface area (Å²) in [6.45, 7) is 0.185. The second-order valence-electron chi connectivity index (χ2n) is 7.13. The maximum Gasteiger partial charge on any atom is 0.335 e. The van der Waals surface area contributed by atoms with Crippen LogP contribution in [0.25, 0.3) is 10.9 Å². The molecule has 0 unspecified atom stereocenters. The molecular formula is C25H16F2N2O3. The minimum Gasteiger partial charge on any atom is -0.478 e. The Morgan fingerprint density at radius 1 is 1.00 bits per heavy atom. The molecule has 0 amide bonds. The maximum absolute atomic E-state index is 14.4. The van der Waals surface area contributed by atoms with Crippen molar-refractivity contribution in [2.45, 2.75) is 13.0 Å². The van der Waals surface area contributed by atoms with E-state index in [1.165, 1.54) is 47.3 Å². The van der Waals surface area contributed by atoms with E-state index in [0.29, 0.717) is 6.42 Å². The van der Waals surface area contributed by atoms with Gasteiger partial charge >= 0.3 is 5.97 Å². The topological polar surface area (TPSA) is 72.2 Å². The first kappa shape index (κ1) is 20.9. The zero-order valence-electron chi connectivity index (χ0n) is 16.7. The Labute approximate surface area is 181 Å². The third-order valence-corrected chi connectivity index (χ3v) is 4.90. The molecule has 158 valence electrons. The zero-order chi connectivity index (χ0) is 22.7. The SMILES string of the molecule is O=C(O)c1ccc(Cn2cnc3cc(F)c(C#CCc4ccc(F)cc4)cc3c2=O)cc1. The number of benzene rings is 3. The number of aromatic nitrogens is 2. The van der Waals surface area contributed by atoms with Crippen LogP contribution in [0.3, 0.4) is 0 Å². The Balaban J connectivity index is 1.62. The fraction of sp³-hybridized carbons (Fsp3) is 0.0800. The van der Waals surface area contributed by atoms with Crippen LogP contribution in [-0.2, 0) is 13.0 Å². The second kappa shape index (κ2) is 8.82. The van der Waals surface area contributed by atoms with Gasteiger partial charge in [-0.15, -0.1) is 0 Å². The van der Waals surface area contributed by atoms with Crippen LogP contribution in [-0.4, -0.2) is 20.6 Å². The first-order chi connectivity index (χ1) is 15.4. The van der Waals surface area contributed by atoms with Gasteiger partial charge < -0.3 is 5.11 Å². The van der Waals surface area contributed by atoms with E-state index < -0.39 is 11.8 Å². The molecule has 0 fully saturated rings. The maximum atomic E-state index is 14.4. The number of halogens is 2. The van der Waals surface area contributed by atoms with Crippen molar-refractivity contribution in [3.05, 3.63) is 111 Å². The van der Waals surface area contributed by atoms with Crippen molar-refractivity contribution in [3.63, 3.8) is 0 Å². The molecule has 7 heteroatoms. The highest BCUT2D eigenvalue weighted by Crippen LogP contribution is 2.15. The molecule has 32 heavy (non-hydrogen) atoms. The van der Waals surface area contributed by atoms with E-state index in [1.54, 1.807) is 24.3 Å². The van der Waals surface area contributed by atoms with E-state index in [-0.39, 0.29) is 40.0 Å². The lowest BCUT2D eigenvalue weighted by atomic mass is 10.1. The fourth-order valence-corrected chi connectivity index (χ4v) is 3.18. The minimum atomic E-state index is -1.03. The Hall–Kier alpha value is -4.31. The largest absolute Gasteiger partial charge is 0.478 e. The average Bonchev–Trinajstić information content (AvgIpc) is 2.78. The third-order valence-electron chi connectivity index (χ3n) is 4.90. The number of aromatic carboxylic acids is 1. The second-order valence-corrected chi connectivity index (χ2v) is 7.13. The molecule has 1 aromatic heterocycles. The van der Waals surface area contributed by atoms with Crippen molar-refractivity contribution in [2.24, 2.45) is 0 Å². The highest BCUT2D eigenvalue weighted by Gasteiger charge is 2.10. The van der Waals surface area contributed by atoms with Crippen LogP contribution in [0, 0.1) is 23.5 Å². The van der Waals surface area contributed by atoms with E-state index in [4.69, 9.17) is 5.11 Å². The van der Waals surface area contributed by atoms with Gasteiger partial charge in [-0.2, -0.15) is 0 Å². The fourth-order valence-electron chi connectivity index (χ4n) is 3.18. The van der Waals surface area contributed by atoms with Crippen LogP contribution in [0.2, 0.25) is 0 Å². The molecule has 0 spiro atoms. The summed E-state index contributed by atoms with van der Waals surface area (Å²) >= 11 is 0. The smallest absolute Gasteiger partial charge is 0.335 e. The van der Waals surface area contributed by atoms with Gasteiger partial charge in [-0.3, -0.25) is 9.36 Å². The summed E-state index contributed by atoms with van der Waals surface area (Å²) in [6.07, 6.45) is 1.64. The molecule has 3 aromatic carbocycles. The first-order valence-electron chi connectivity index (χ1n) is 9.65. The monoisotopic (exact) mass is 430 g/mol. The molecule has 0 atom stereocenters. The number of carboxylic acid groups (broad SMARTS) is 1. The van der Waals surface area contributed by atoms with E-state index in [1.807, 2.05) is 0 Å². The van der Waals surface area contributed by atoms with Crippen molar-refractivity contribution >= 4 is 16.9 Å². The highest BCUT2D eigenvalue weighted by molar-refractivity contribution is 5.87. The van der Waals surface area contributed by atoms with Gasteiger partial charge in [-0.05, 0) is 41.5 Å². The summed E-state index contributed by atoms with van der Waals surface area (Å²) in [6, 6.07) is 14.6. The van der Waals surface area contributed by atoms with Crippen molar-refractivity contribution < 1.29 is 18.7 Å². The summed E-state index contributed by atoms with van der Waals surface area (Å²) in [7, 11) is 0. The van der Waals surface area contributed by atoms with E-state index in [0.717, 1.165) is 11.1 Å². The standard InChI is InChI=1S/C25H16F2N2O3/c26-20-10-6-16(7-11-20)2-1-3-19-12-21-23(13-22(19)27)28-15-29(24(21)30)14-17-4-8-18(9-5-17)25(31)32/h4-13,15H,2,14H2,(H,31,32). The molecule has 0 aliphatic carbocycles. The Kier molecular flexibility index (Phi) is 5.77. The molecule has 4 aromatic rings. The number of rotatable bonds is 4. The van der Waals surface area contributed by atoms with Gasteiger partial charge in [0.15, 0.2) is 0 Å². The number of carbonyl (C=O) groups is 1. The lowest BCUT2D eigenvalue weighted by Crippen LogP contribution is -2.21. The first-order valence-corrected chi connectivity index (χ1v) is 9.65. The van der Waals surface area contributed by atoms with Crippen molar-refractivity contribution in [1.29, 1.82) is 0 Å². The molecule has 1 heterocycles. The number of hydrogen-bond acceptors (Lipinski definition) is 3. The predicted molar refractivity (Wildman–Crippen MR) is 115 cm³/mol. The quantitative estimate of drug-likeness (QED) is 0.497. The van der Waals surface area contributed by atoms with Crippen LogP contribution in [0.1, 0.15) is 27.0 Å². The Bertz CT molecular complexity index is 1430. The van der Waals surface area contributed by atoms with Crippen LogP contribution in [0.5, 0.6) is 0 Å². The lowest BCUT2D eigenvalue weighted by Gasteiger charge is -2.08.